The van der Waals surface area contributed by atoms with Gasteiger partial charge in [0, 0.05) is 35.5 Å². The fraction of sp³-hybridized carbons (Fsp3) is 0.312. The molecule has 0 saturated carbocycles. The van der Waals surface area contributed by atoms with E-state index >= 15 is 0 Å². The molecular formula is C32H33N8OS+. The van der Waals surface area contributed by atoms with Crippen molar-refractivity contribution >= 4 is 51.1 Å². The number of anilines is 2. The van der Waals surface area contributed by atoms with Crippen molar-refractivity contribution in [2.45, 2.75) is 13.8 Å². The predicted molar refractivity (Wildman–Crippen MR) is 167 cm³/mol. The minimum atomic E-state index is -0.212. The number of piperazine rings is 1. The number of Topliss-reactive ketones (excluding diaryl/α,β-unsaturated/α-hetero) is 1. The number of thiazole rings is 1. The van der Waals surface area contributed by atoms with Crippen LogP contribution in [0.15, 0.2) is 69.9 Å². The van der Waals surface area contributed by atoms with Gasteiger partial charge in [-0.1, -0.05) is 35.6 Å². The van der Waals surface area contributed by atoms with Crippen LogP contribution in [0.25, 0.3) is 11.6 Å². The normalized spacial score (nSPS) is 16.9. The second kappa shape index (κ2) is 12.1. The van der Waals surface area contributed by atoms with Gasteiger partial charge >= 0.3 is 0 Å². The Balaban J connectivity index is 1.55. The molecule has 0 radical (unpaired) electrons. The molecule has 5 rings (SSSR count). The van der Waals surface area contributed by atoms with Gasteiger partial charge in [-0.2, -0.15) is 15.5 Å². The van der Waals surface area contributed by atoms with Crippen molar-refractivity contribution in [3.8, 4) is 12.1 Å². The van der Waals surface area contributed by atoms with Crippen LogP contribution in [0.3, 0.4) is 0 Å². The minimum Gasteiger partial charge on any atom is -0.372 e. The molecule has 2 aliphatic rings. The molecule has 0 amide bonds. The first-order chi connectivity index (χ1) is 20.3. The van der Waals surface area contributed by atoms with E-state index < -0.39 is 0 Å². The van der Waals surface area contributed by atoms with Gasteiger partial charge in [-0.05, 0) is 49.8 Å². The molecule has 0 atom stereocenters. The molecule has 0 bridgehead atoms. The van der Waals surface area contributed by atoms with Gasteiger partial charge in [0.25, 0.3) is 0 Å². The molecule has 3 aromatic rings. The summed E-state index contributed by atoms with van der Waals surface area (Å²) in [5, 5.41) is 28.9. The summed E-state index contributed by atoms with van der Waals surface area (Å²) >= 11 is 1.34. The summed E-state index contributed by atoms with van der Waals surface area (Å²) < 4.78 is 0.918. The Bertz CT molecular complexity index is 1650. The average molecular weight is 578 g/mol. The first kappa shape index (κ1) is 28.9. The highest BCUT2D eigenvalue weighted by Gasteiger charge is 2.34. The summed E-state index contributed by atoms with van der Waals surface area (Å²) in [6.07, 6.45) is 1.77. The Morgan fingerprint density at radius 2 is 1.67 bits per heavy atom. The number of rotatable bonds is 7. The van der Waals surface area contributed by atoms with Gasteiger partial charge in [-0.15, -0.1) is 10.2 Å². The quantitative estimate of drug-likeness (QED) is 0.139. The van der Waals surface area contributed by atoms with Crippen LogP contribution in [-0.2, 0) is 0 Å². The summed E-state index contributed by atoms with van der Waals surface area (Å²) in [7, 11) is 4.42. The maximum atomic E-state index is 13.6. The first-order valence-corrected chi connectivity index (χ1v) is 14.8. The van der Waals surface area contributed by atoms with Crippen LogP contribution < -0.4 is 9.80 Å². The van der Waals surface area contributed by atoms with Crippen molar-refractivity contribution in [2.75, 3.05) is 63.2 Å². The molecule has 42 heavy (non-hydrogen) atoms. The summed E-state index contributed by atoms with van der Waals surface area (Å²) in [6, 6.07) is 19.0. The largest absolute Gasteiger partial charge is 0.372 e. The van der Waals surface area contributed by atoms with Crippen molar-refractivity contribution < 1.29 is 9.28 Å². The van der Waals surface area contributed by atoms with E-state index in [9.17, 15) is 15.3 Å². The maximum absolute atomic E-state index is 13.6. The predicted octanol–water partition coefficient (Wildman–Crippen LogP) is 6.38. The van der Waals surface area contributed by atoms with Crippen LogP contribution in [0.5, 0.6) is 0 Å². The standard InChI is InChI=1S/C32H33N8OS/c1-5-38(6-2)24-13-11-23(12-14-24)36-37-32-35-31(39-15-17-40(3,4)18-16-39)28(42-32)19-27-29(22(20-33)21-34)25-9-7-8-10-26(25)30(27)41/h7-14,19H,5-6,15-18H2,1-4H3/q+1. The van der Waals surface area contributed by atoms with E-state index in [2.05, 4.69) is 48.0 Å². The molecule has 1 saturated heterocycles. The zero-order valence-electron chi connectivity index (χ0n) is 24.3. The first-order valence-electron chi connectivity index (χ1n) is 14.0. The molecule has 2 heterocycles. The molecular weight excluding hydrogens is 544 g/mol. The number of nitrogens with zero attached hydrogens (tertiary/aromatic N) is 8. The number of azo groups is 1. The number of hydrogen-bond donors (Lipinski definition) is 0. The van der Waals surface area contributed by atoms with Gasteiger partial charge in [0.1, 0.15) is 23.5 Å². The number of nitriles is 2. The summed E-state index contributed by atoms with van der Waals surface area (Å²) in [5.41, 5.74) is 3.54. The van der Waals surface area contributed by atoms with E-state index in [1.54, 1.807) is 30.3 Å². The third kappa shape index (κ3) is 5.73. The smallest absolute Gasteiger partial charge is 0.232 e. The lowest BCUT2D eigenvalue weighted by molar-refractivity contribution is -0.890. The van der Waals surface area contributed by atoms with Crippen molar-refractivity contribution in [1.29, 1.82) is 10.5 Å². The molecule has 1 aromatic heterocycles. The van der Waals surface area contributed by atoms with E-state index in [1.807, 2.05) is 36.4 Å². The highest BCUT2D eigenvalue weighted by Crippen LogP contribution is 2.42. The molecule has 1 fully saturated rings. The molecule has 0 N–H and O–H groups in total. The topological polar surface area (TPSA) is 109 Å². The average Bonchev–Trinajstić information content (AvgIpc) is 3.53. The monoisotopic (exact) mass is 577 g/mol. The lowest BCUT2D eigenvalue weighted by Crippen LogP contribution is -2.55. The number of carbonyl (C=O) groups excluding carboxylic acids is 1. The second-order valence-electron chi connectivity index (χ2n) is 10.8. The number of hydrogen-bond acceptors (Lipinski definition) is 9. The van der Waals surface area contributed by atoms with E-state index in [1.165, 1.54) is 11.3 Å². The lowest BCUT2D eigenvalue weighted by atomic mass is 9.99. The number of ketones is 1. The maximum Gasteiger partial charge on any atom is 0.232 e. The van der Waals surface area contributed by atoms with E-state index in [4.69, 9.17) is 4.98 Å². The number of quaternary nitrogens is 1. The van der Waals surface area contributed by atoms with Gasteiger partial charge in [0.2, 0.25) is 5.13 Å². The van der Waals surface area contributed by atoms with Crippen molar-refractivity contribution in [3.63, 3.8) is 0 Å². The molecule has 2 aromatic carbocycles. The molecule has 212 valence electrons. The Hall–Kier alpha value is -4.64. The Morgan fingerprint density at radius 1 is 1.02 bits per heavy atom. The molecule has 0 unspecified atom stereocenters. The Kier molecular flexibility index (Phi) is 8.30. The molecule has 0 spiro atoms. The van der Waals surface area contributed by atoms with Gasteiger partial charge in [-0.25, -0.2) is 0 Å². The number of benzene rings is 2. The van der Waals surface area contributed by atoms with Crippen LogP contribution in [0.1, 0.15) is 34.6 Å². The molecule has 1 aliphatic carbocycles. The summed E-state index contributed by atoms with van der Waals surface area (Å²) in [4.78, 5) is 23.7. The number of fused-ring (bicyclic) bond motifs is 1. The molecule has 9 nitrogen and oxygen atoms in total. The third-order valence-corrected chi connectivity index (χ3v) is 8.68. The third-order valence-electron chi connectivity index (χ3n) is 7.81. The fourth-order valence-corrected chi connectivity index (χ4v) is 6.14. The van der Waals surface area contributed by atoms with E-state index in [-0.39, 0.29) is 11.4 Å². The number of likely N-dealkylation sites (N-methyl/N-ethyl adjacent to an activating group) is 1. The van der Waals surface area contributed by atoms with Gasteiger partial charge < -0.3 is 14.3 Å². The number of aromatic nitrogens is 1. The molecule has 1 aliphatic heterocycles. The van der Waals surface area contributed by atoms with Crippen LogP contribution in [0.2, 0.25) is 0 Å². The molecule has 10 heteroatoms. The number of allylic oxidation sites excluding steroid dienone is 3. The van der Waals surface area contributed by atoms with Gasteiger partial charge in [0.15, 0.2) is 5.78 Å². The van der Waals surface area contributed by atoms with Crippen LogP contribution in [0, 0.1) is 22.7 Å². The Labute approximate surface area is 250 Å². The highest BCUT2D eigenvalue weighted by atomic mass is 32.1. The van der Waals surface area contributed by atoms with Crippen molar-refractivity contribution in [2.24, 2.45) is 10.2 Å². The highest BCUT2D eigenvalue weighted by molar-refractivity contribution is 7.16. The Morgan fingerprint density at radius 3 is 2.29 bits per heavy atom. The van der Waals surface area contributed by atoms with Crippen molar-refractivity contribution in [3.05, 3.63) is 75.7 Å². The summed E-state index contributed by atoms with van der Waals surface area (Å²) in [5.74, 6) is 0.521. The second-order valence-corrected chi connectivity index (χ2v) is 11.9. The summed E-state index contributed by atoms with van der Waals surface area (Å²) in [6.45, 7) is 9.62. The van der Waals surface area contributed by atoms with E-state index in [0.29, 0.717) is 27.4 Å². The number of carbonyl (C=O) groups is 1. The van der Waals surface area contributed by atoms with Gasteiger partial charge in [0.05, 0.1) is 50.8 Å². The van der Waals surface area contributed by atoms with Crippen LogP contribution in [0.4, 0.5) is 22.3 Å². The van der Waals surface area contributed by atoms with Gasteiger partial charge in [-0.3, -0.25) is 4.79 Å². The zero-order valence-corrected chi connectivity index (χ0v) is 25.1. The fourth-order valence-electron chi connectivity index (χ4n) is 5.29. The SMILES string of the molecule is CCN(CC)c1ccc(N=Nc2nc(N3CC[N+](C)(C)CC3)c(C=C3C(=O)c4ccccc4C3=C(C#N)C#N)s2)cc1. The van der Waals surface area contributed by atoms with Crippen LogP contribution in [-0.4, -0.2) is 68.6 Å². The zero-order chi connectivity index (χ0) is 29.9. The van der Waals surface area contributed by atoms with Crippen molar-refractivity contribution in [1.82, 2.24) is 4.98 Å². The lowest BCUT2D eigenvalue weighted by Gasteiger charge is -2.39. The van der Waals surface area contributed by atoms with Crippen LogP contribution >= 0.6 is 11.3 Å². The minimum absolute atomic E-state index is 0.0873. The van der Waals surface area contributed by atoms with E-state index in [0.717, 1.165) is 65.8 Å².